The summed E-state index contributed by atoms with van der Waals surface area (Å²) in [5, 5.41) is 14.7. The highest BCUT2D eigenvalue weighted by atomic mass is 32.1. The Bertz CT molecular complexity index is 794. The topological polar surface area (TPSA) is 95.5 Å². The molecule has 1 aromatic rings. The third-order valence-corrected chi connectivity index (χ3v) is 6.33. The van der Waals surface area contributed by atoms with Crippen LogP contribution in [0.2, 0.25) is 0 Å². The monoisotopic (exact) mass is 376 g/mol. The number of allylic oxidation sites excluding steroid dienone is 2. The molecule has 1 N–H and O–H groups in total. The number of carboxylic acid groups (broad SMARTS) is 1. The van der Waals surface area contributed by atoms with Crippen molar-refractivity contribution in [2.45, 2.75) is 40.2 Å². The number of hydrogen-bond donors (Lipinski definition) is 1. The molecule has 7 heteroatoms. The van der Waals surface area contributed by atoms with Crippen molar-refractivity contribution in [1.82, 2.24) is 0 Å². The van der Waals surface area contributed by atoms with Gasteiger partial charge in [0.15, 0.2) is 0 Å². The molecule has 0 saturated heterocycles. The normalized spacial score (nSPS) is 26.3. The Labute approximate surface area is 156 Å². The van der Waals surface area contributed by atoms with Crippen LogP contribution >= 0.6 is 11.3 Å². The minimum absolute atomic E-state index is 0.101. The number of carbonyl (C=O) groups is 3. The highest BCUT2D eigenvalue weighted by Gasteiger charge is 2.49. The maximum Gasteiger partial charge on any atom is 0.341 e. The number of aryl methyl sites for hydroxylation is 1. The summed E-state index contributed by atoms with van der Waals surface area (Å²) in [5.41, 5.74) is 1.11. The number of esters is 1. The van der Waals surface area contributed by atoms with Crippen molar-refractivity contribution in [2.75, 3.05) is 5.32 Å². The van der Waals surface area contributed by atoms with E-state index in [1.807, 2.05) is 26.0 Å². The summed E-state index contributed by atoms with van der Waals surface area (Å²) in [7, 11) is 0. The summed E-state index contributed by atoms with van der Waals surface area (Å²) < 4.78 is 5.29. The number of nitrogens with one attached hydrogen (secondary N) is 1. The number of carbonyl (C=O) groups excluding carboxylic acids is 3. The molecule has 1 aromatic heterocycles. The number of thiophene rings is 1. The third-order valence-electron chi connectivity index (χ3n) is 5.20. The fraction of sp³-hybridized carbons (Fsp3) is 0.526. The van der Waals surface area contributed by atoms with Gasteiger partial charge in [-0.25, -0.2) is 4.79 Å². The zero-order valence-electron chi connectivity index (χ0n) is 15.2. The average molecular weight is 376 g/mol. The van der Waals surface area contributed by atoms with Crippen molar-refractivity contribution in [2.24, 2.45) is 23.7 Å². The zero-order valence-corrected chi connectivity index (χ0v) is 16.0. The van der Waals surface area contributed by atoms with E-state index in [2.05, 4.69) is 5.32 Å². The molecule has 2 aliphatic carbocycles. The van der Waals surface area contributed by atoms with E-state index in [1.54, 1.807) is 13.8 Å². The number of fused-ring (bicyclic) bond motifs is 2. The number of rotatable bonds is 5. The van der Waals surface area contributed by atoms with Gasteiger partial charge in [-0.3, -0.25) is 4.79 Å². The first-order valence-electron chi connectivity index (χ1n) is 8.71. The van der Waals surface area contributed by atoms with E-state index >= 15 is 0 Å². The lowest BCUT2D eigenvalue weighted by molar-refractivity contribution is -0.313. The fourth-order valence-corrected chi connectivity index (χ4v) is 4.98. The van der Waals surface area contributed by atoms with Crippen LogP contribution in [0.4, 0.5) is 5.00 Å². The Kier molecular flexibility index (Phi) is 4.92. The van der Waals surface area contributed by atoms with Gasteiger partial charge in [0, 0.05) is 16.8 Å². The molecule has 6 nitrogen and oxygen atoms in total. The highest BCUT2D eigenvalue weighted by Crippen LogP contribution is 2.48. The summed E-state index contributed by atoms with van der Waals surface area (Å²) in [6.45, 7) is 7.20. The van der Waals surface area contributed by atoms with E-state index in [4.69, 9.17) is 4.74 Å². The molecule has 4 atom stereocenters. The molecule has 1 amide bonds. The number of anilines is 1. The molecule has 0 radical (unpaired) electrons. The molecule has 0 spiro atoms. The van der Waals surface area contributed by atoms with Crippen LogP contribution in [0.15, 0.2) is 12.2 Å². The van der Waals surface area contributed by atoms with Crippen molar-refractivity contribution >= 4 is 34.2 Å². The van der Waals surface area contributed by atoms with Gasteiger partial charge in [0.2, 0.25) is 5.91 Å². The van der Waals surface area contributed by atoms with Crippen LogP contribution in [0.5, 0.6) is 0 Å². The third kappa shape index (κ3) is 3.16. The lowest BCUT2D eigenvalue weighted by Gasteiger charge is -2.27. The summed E-state index contributed by atoms with van der Waals surface area (Å²) >= 11 is 1.30. The number of amides is 1. The molecule has 0 unspecified atom stereocenters. The van der Waals surface area contributed by atoms with Crippen LogP contribution in [0.1, 0.15) is 41.1 Å². The average Bonchev–Trinajstić information content (AvgIpc) is 3.20. The molecule has 1 saturated carbocycles. The van der Waals surface area contributed by atoms with Crippen LogP contribution in [0.25, 0.3) is 0 Å². The molecular weight excluding hydrogens is 354 g/mol. The van der Waals surface area contributed by atoms with Crippen LogP contribution < -0.4 is 10.4 Å². The number of ether oxygens (including phenoxy) is 1. The van der Waals surface area contributed by atoms with E-state index in [1.165, 1.54) is 11.3 Å². The van der Waals surface area contributed by atoms with Crippen LogP contribution in [-0.2, 0) is 14.3 Å². The second kappa shape index (κ2) is 6.87. The lowest BCUT2D eigenvalue weighted by Crippen LogP contribution is -2.42. The van der Waals surface area contributed by atoms with Gasteiger partial charge in [-0.2, -0.15) is 0 Å². The number of aliphatic carboxylic acids is 1. The van der Waals surface area contributed by atoms with Gasteiger partial charge in [-0.1, -0.05) is 12.2 Å². The molecule has 0 aromatic carbocycles. The van der Waals surface area contributed by atoms with Crippen LogP contribution in [0, 0.1) is 37.5 Å². The Morgan fingerprint density at radius 1 is 1.19 bits per heavy atom. The smallest absolute Gasteiger partial charge is 0.341 e. The van der Waals surface area contributed by atoms with E-state index in [0.29, 0.717) is 17.0 Å². The molecule has 0 aliphatic heterocycles. The Morgan fingerprint density at radius 2 is 1.81 bits per heavy atom. The summed E-state index contributed by atoms with van der Waals surface area (Å²) in [6, 6.07) is 0. The van der Waals surface area contributed by atoms with Gasteiger partial charge in [0.1, 0.15) is 5.00 Å². The second-order valence-corrected chi connectivity index (χ2v) is 8.47. The van der Waals surface area contributed by atoms with Gasteiger partial charge in [0.05, 0.1) is 17.6 Å². The summed E-state index contributed by atoms with van der Waals surface area (Å²) in [4.78, 5) is 37.7. The van der Waals surface area contributed by atoms with E-state index in [0.717, 1.165) is 10.4 Å². The minimum Gasteiger partial charge on any atom is -0.550 e. The lowest BCUT2D eigenvalue weighted by atomic mass is 9.82. The maximum absolute atomic E-state index is 12.9. The largest absolute Gasteiger partial charge is 0.550 e. The standard InChI is InChI=1S/C19H23NO5S/c1-8(2)25-19(24)13-9(3)10(4)26-17(13)20-16(21)14-11-5-6-12(7-11)15(14)18(22)23/h5-6,8,11-12,14-15H,7H2,1-4H3,(H,20,21)(H,22,23)/p-1/t11-,12+,14+,15+/m1/s1. The molecular formula is C19H22NO5S-. The van der Waals surface area contributed by atoms with Gasteiger partial charge in [-0.05, 0) is 51.5 Å². The molecule has 3 rings (SSSR count). The quantitative estimate of drug-likeness (QED) is 0.627. The van der Waals surface area contributed by atoms with Gasteiger partial charge >= 0.3 is 5.97 Å². The minimum atomic E-state index is -1.19. The Hall–Kier alpha value is -2.15. The number of carboxylic acids is 1. The van der Waals surface area contributed by atoms with Crippen molar-refractivity contribution in [3.63, 3.8) is 0 Å². The van der Waals surface area contributed by atoms with Crippen molar-refractivity contribution in [3.8, 4) is 0 Å². The molecule has 1 heterocycles. The van der Waals surface area contributed by atoms with Gasteiger partial charge in [0.25, 0.3) is 0 Å². The SMILES string of the molecule is Cc1sc(NC(=O)[C@@H]2[C@@H](C(=O)[O-])[C@H]3C=C[C@@H]2C3)c(C(=O)OC(C)C)c1C. The highest BCUT2D eigenvalue weighted by molar-refractivity contribution is 7.16. The van der Waals surface area contributed by atoms with Crippen molar-refractivity contribution in [3.05, 3.63) is 28.2 Å². The fourth-order valence-electron chi connectivity index (χ4n) is 3.93. The van der Waals surface area contributed by atoms with Crippen molar-refractivity contribution in [1.29, 1.82) is 0 Å². The summed E-state index contributed by atoms with van der Waals surface area (Å²) in [5.74, 6) is -3.81. The maximum atomic E-state index is 12.9. The van der Waals surface area contributed by atoms with Gasteiger partial charge < -0.3 is 20.0 Å². The number of hydrogen-bond acceptors (Lipinski definition) is 6. The first-order valence-corrected chi connectivity index (χ1v) is 9.53. The van der Waals surface area contributed by atoms with E-state index in [-0.39, 0.29) is 23.8 Å². The molecule has 2 aliphatic rings. The molecule has 26 heavy (non-hydrogen) atoms. The molecule has 140 valence electrons. The van der Waals surface area contributed by atoms with E-state index in [9.17, 15) is 19.5 Å². The predicted octanol–water partition coefficient (Wildman–Crippen LogP) is 2.06. The van der Waals surface area contributed by atoms with Gasteiger partial charge in [-0.15, -0.1) is 11.3 Å². The van der Waals surface area contributed by atoms with E-state index < -0.39 is 23.8 Å². The van der Waals surface area contributed by atoms with Crippen molar-refractivity contribution < 1.29 is 24.2 Å². The first-order chi connectivity index (χ1) is 12.2. The van der Waals surface area contributed by atoms with Crippen LogP contribution in [0.3, 0.4) is 0 Å². The predicted molar refractivity (Wildman–Crippen MR) is 95.7 cm³/mol. The second-order valence-electron chi connectivity index (χ2n) is 7.25. The zero-order chi connectivity index (χ0) is 19.2. The summed E-state index contributed by atoms with van der Waals surface area (Å²) in [6.07, 6.45) is 4.15. The molecule has 1 fully saturated rings. The Balaban J connectivity index is 1.86. The Morgan fingerprint density at radius 3 is 2.38 bits per heavy atom. The first kappa shape index (κ1) is 18.6. The molecule has 2 bridgehead atoms. The van der Waals surface area contributed by atoms with Crippen LogP contribution in [-0.4, -0.2) is 23.9 Å².